The van der Waals surface area contributed by atoms with E-state index in [1.54, 1.807) is 24.3 Å². The molecule has 0 fully saturated rings. The maximum absolute atomic E-state index is 12.0. The molecule has 0 aliphatic heterocycles. The van der Waals surface area contributed by atoms with Crippen molar-refractivity contribution in [1.29, 1.82) is 0 Å². The molecule has 1 rings (SSSR count). The summed E-state index contributed by atoms with van der Waals surface area (Å²) in [6, 6.07) is 6.23. The minimum Gasteiger partial charge on any atom is -0.167 e. The van der Waals surface area contributed by atoms with Gasteiger partial charge in [0.2, 0.25) is 0 Å². The van der Waals surface area contributed by atoms with E-state index in [-0.39, 0.29) is 11.6 Å². The summed E-state index contributed by atoms with van der Waals surface area (Å²) in [7, 11) is 0. The number of alkyl halides is 3. The Balaban J connectivity index is 2.95. The molecule has 0 nitrogen and oxygen atoms in total. The van der Waals surface area contributed by atoms with Gasteiger partial charge in [0.25, 0.3) is 0 Å². The van der Waals surface area contributed by atoms with Gasteiger partial charge in [-0.05, 0) is 30.2 Å². The summed E-state index contributed by atoms with van der Waals surface area (Å²) in [4.78, 5) is 0. The topological polar surface area (TPSA) is 0 Å². The SMILES string of the molecule is C/C(=C/C(F)(F)F)c1ccc(Cl)cc1. The average Bonchev–Trinajstić information content (AvgIpc) is 2.02. The van der Waals surface area contributed by atoms with Gasteiger partial charge in [0.05, 0.1) is 0 Å². The molecule has 0 radical (unpaired) electrons. The summed E-state index contributed by atoms with van der Waals surface area (Å²) < 4.78 is 35.9. The number of allylic oxidation sites excluding steroid dienone is 2. The first kappa shape index (κ1) is 11.1. The first-order chi connectivity index (χ1) is 6.38. The van der Waals surface area contributed by atoms with E-state index in [4.69, 9.17) is 11.6 Å². The van der Waals surface area contributed by atoms with Crippen LogP contribution in [0.15, 0.2) is 30.3 Å². The van der Waals surface area contributed by atoms with Crippen LogP contribution < -0.4 is 0 Å². The van der Waals surface area contributed by atoms with Gasteiger partial charge in [-0.15, -0.1) is 0 Å². The monoisotopic (exact) mass is 220 g/mol. The normalized spacial score (nSPS) is 13.1. The second kappa shape index (κ2) is 4.05. The van der Waals surface area contributed by atoms with E-state index in [2.05, 4.69) is 0 Å². The fourth-order valence-corrected chi connectivity index (χ4v) is 1.17. The molecule has 0 amide bonds. The quantitative estimate of drug-likeness (QED) is 0.662. The average molecular weight is 221 g/mol. The molecule has 0 aliphatic carbocycles. The summed E-state index contributed by atoms with van der Waals surface area (Å²) in [6.07, 6.45) is -4.00. The van der Waals surface area contributed by atoms with Gasteiger partial charge in [-0.2, -0.15) is 13.2 Å². The molecule has 76 valence electrons. The van der Waals surface area contributed by atoms with E-state index < -0.39 is 6.18 Å². The van der Waals surface area contributed by atoms with Crippen LogP contribution in [0.5, 0.6) is 0 Å². The maximum atomic E-state index is 12.0. The summed E-state index contributed by atoms with van der Waals surface area (Å²) in [5.74, 6) is 0. The zero-order valence-electron chi connectivity index (χ0n) is 7.40. The van der Waals surface area contributed by atoms with E-state index in [0.717, 1.165) is 0 Å². The highest BCUT2D eigenvalue weighted by Gasteiger charge is 2.23. The Morgan fingerprint density at radius 3 is 2.14 bits per heavy atom. The fraction of sp³-hybridized carbons (Fsp3) is 0.200. The molecule has 0 saturated carbocycles. The van der Waals surface area contributed by atoms with Crippen molar-refractivity contribution in [3.63, 3.8) is 0 Å². The summed E-state index contributed by atoms with van der Waals surface area (Å²) in [5, 5.41) is 0.508. The van der Waals surface area contributed by atoms with E-state index in [9.17, 15) is 13.2 Å². The summed E-state index contributed by atoms with van der Waals surface area (Å²) >= 11 is 5.61. The van der Waals surface area contributed by atoms with Crippen LogP contribution in [0.2, 0.25) is 5.02 Å². The van der Waals surface area contributed by atoms with Crippen LogP contribution in [0.1, 0.15) is 12.5 Å². The molecule has 4 heteroatoms. The highest BCUT2D eigenvalue weighted by molar-refractivity contribution is 6.30. The van der Waals surface area contributed by atoms with Gasteiger partial charge in [0.15, 0.2) is 0 Å². The summed E-state index contributed by atoms with van der Waals surface area (Å²) in [5.41, 5.74) is 0.695. The van der Waals surface area contributed by atoms with Crippen LogP contribution in [-0.2, 0) is 0 Å². The van der Waals surface area contributed by atoms with Gasteiger partial charge in [-0.3, -0.25) is 0 Å². The second-order valence-electron chi connectivity index (χ2n) is 2.88. The molecule has 0 aliphatic rings. The molecule has 0 unspecified atom stereocenters. The molecule has 0 saturated heterocycles. The number of halogens is 4. The largest absolute Gasteiger partial charge is 0.410 e. The van der Waals surface area contributed by atoms with Gasteiger partial charge in [0.1, 0.15) is 0 Å². The molecule has 0 spiro atoms. The minimum absolute atomic E-state index is 0.175. The van der Waals surface area contributed by atoms with E-state index in [1.807, 2.05) is 0 Å². The lowest BCUT2D eigenvalue weighted by Gasteiger charge is -2.04. The van der Waals surface area contributed by atoms with Crippen LogP contribution in [0.4, 0.5) is 13.2 Å². The molecular weight excluding hydrogens is 213 g/mol. The molecule has 0 aromatic heterocycles. The number of benzene rings is 1. The third kappa shape index (κ3) is 3.42. The molecule has 0 bridgehead atoms. The molecule has 0 heterocycles. The number of hydrogen-bond donors (Lipinski definition) is 0. The third-order valence-electron chi connectivity index (χ3n) is 1.68. The Bertz CT molecular complexity index is 335. The van der Waals surface area contributed by atoms with Crippen molar-refractivity contribution in [2.45, 2.75) is 13.1 Å². The molecule has 0 N–H and O–H groups in total. The van der Waals surface area contributed by atoms with Crippen molar-refractivity contribution >= 4 is 17.2 Å². The number of hydrogen-bond acceptors (Lipinski definition) is 0. The van der Waals surface area contributed by atoms with Crippen molar-refractivity contribution < 1.29 is 13.2 Å². The minimum atomic E-state index is -4.27. The standard InChI is InChI=1S/C10H8ClF3/c1-7(6-10(12,13)14)8-2-4-9(11)5-3-8/h2-6H,1H3/b7-6-. The maximum Gasteiger partial charge on any atom is 0.410 e. The van der Waals surface area contributed by atoms with Crippen LogP contribution in [-0.4, -0.2) is 6.18 Å². The Morgan fingerprint density at radius 1 is 1.21 bits per heavy atom. The first-order valence-corrected chi connectivity index (χ1v) is 4.28. The predicted octanol–water partition coefficient (Wildman–Crippen LogP) is 4.31. The Kier molecular flexibility index (Phi) is 3.21. The Labute approximate surface area is 85.0 Å². The highest BCUT2D eigenvalue weighted by Crippen LogP contribution is 2.24. The van der Waals surface area contributed by atoms with Crippen LogP contribution >= 0.6 is 11.6 Å². The van der Waals surface area contributed by atoms with Crippen molar-refractivity contribution in [2.24, 2.45) is 0 Å². The van der Waals surface area contributed by atoms with E-state index in [0.29, 0.717) is 10.6 Å². The first-order valence-electron chi connectivity index (χ1n) is 3.90. The lowest BCUT2D eigenvalue weighted by atomic mass is 10.1. The molecular formula is C10H8ClF3. The van der Waals surface area contributed by atoms with Crippen molar-refractivity contribution in [3.05, 3.63) is 40.9 Å². The van der Waals surface area contributed by atoms with Crippen molar-refractivity contribution in [2.75, 3.05) is 0 Å². The zero-order chi connectivity index (χ0) is 10.8. The smallest absolute Gasteiger partial charge is 0.167 e. The lowest BCUT2D eigenvalue weighted by Crippen LogP contribution is -2.02. The van der Waals surface area contributed by atoms with Crippen molar-refractivity contribution in [3.8, 4) is 0 Å². The molecule has 0 atom stereocenters. The van der Waals surface area contributed by atoms with Crippen LogP contribution in [0, 0.1) is 0 Å². The van der Waals surface area contributed by atoms with E-state index >= 15 is 0 Å². The van der Waals surface area contributed by atoms with Gasteiger partial charge < -0.3 is 0 Å². The predicted molar refractivity (Wildman–Crippen MR) is 51.2 cm³/mol. The Morgan fingerprint density at radius 2 is 1.71 bits per heavy atom. The van der Waals surface area contributed by atoms with Crippen LogP contribution in [0.25, 0.3) is 5.57 Å². The molecule has 1 aromatic rings. The molecule has 1 aromatic carbocycles. The fourth-order valence-electron chi connectivity index (χ4n) is 1.04. The zero-order valence-corrected chi connectivity index (χ0v) is 8.15. The number of rotatable bonds is 1. The van der Waals surface area contributed by atoms with Gasteiger partial charge >= 0.3 is 6.18 Å². The van der Waals surface area contributed by atoms with Crippen LogP contribution in [0.3, 0.4) is 0 Å². The van der Waals surface area contributed by atoms with Gasteiger partial charge in [0, 0.05) is 11.1 Å². The van der Waals surface area contributed by atoms with Crippen molar-refractivity contribution in [1.82, 2.24) is 0 Å². The summed E-state index contributed by atoms with van der Waals surface area (Å²) in [6.45, 7) is 1.41. The second-order valence-corrected chi connectivity index (χ2v) is 3.31. The van der Waals surface area contributed by atoms with E-state index in [1.165, 1.54) is 6.92 Å². The van der Waals surface area contributed by atoms with Gasteiger partial charge in [-0.1, -0.05) is 23.7 Å². The Hall–Kier alpha value is -0.960. The molecule has 14 heavy (non-hydrogen) atoms. The highest BCUT2D eigenvalue weighted by atomic mass is 35.5. The third-order valence-corrected chi connectivity index (χ3v) is 1.93. The van der Waals surface area contributed by atoms with Gasteiger partial charge in [-0.25, -0.2) is 0 Å². The lowest BCUT2D eigenvalue weighted by molar-refractivity contribution is -0.0793.